The van der Waals surface area contributed by atoms with Crippen LogP contribution in [0.15, 0.2) is 23.3 Å². The van der Waals surface area contributed by atoms with Gasteiger partial charge in [-0.2, -0.15) is 0 Å². The molecule has 3 heterocycles. The molecule has 2 N–H and O–H groups in total. The number of hydrogen-bond donors (Lipinski definition) is 1. The summed E-state index contributed by atoms with van der Waals surface area (Å²) >= 11 is 0. The van der Waals surface area contributed by atoms with Gasteiger partial charge in [0.25, 0.3) is 0 Å². The molecule has 2 aliphatic rings. The maximum atomic E-state index is 6.04. The highest BCUT2D eigenvalue weighted by molar-refractivity contribution is 5.78. The molecule has 23 heavy (non-hydrogen) atoms. The number of nitrogens with zero attached hydrogens (tertiary/aromatic N) is 3. The van der Waals surface area contributed by atoms with E-state index in [9.17, 15) is 0 Å². The first kappa shape index (κ1) is 16.0. The zero-order valence-electron chi connectivity index (χ0n) is 13.3. The van der Waals surface area contributed by atoms with E-state index in [1.54, 1.807) is 6.20 Å². The quantitative estimate of drug-likeness (QED) is 0.652. The van der Waals surface area contributed by atoms with Crippen LogP contribution in [0, 0.1) is 0 Å². The number of morpholine rings is 1. The molecule has 0 saturated carbocycles. The topological polar surface area (TPSA) is 82.2 Å². The molecule has 0 aromatic carbocycles. The molecular formula is C16H24N4O3. The molecule has 2 fully saturated rings. The third-order valence-electron chi connectivity index (χ3n) is 4.01. The Bertz CT molecular complexity index is 526. The van der Waals surface area contributed by atoms with Crippen LogP contribution in [0.3, 0.4) is 0 Å². The predicted molar refractivity (Wildman–Crippen MR) is 86.4 cm³/mol. The summed E-state index contributed by atoms with van der Waals surface area (Å²) in [5.74, 6) is 1.21. The molecule has 2 aliphatic heterocycles. The van der Waals surface area contributed by atoms with Crippen molar-refractivity contribution in [2.24, 2.45) is 10.7 Å². The molecule has 1 aromatic heterocycles. The summed E-state index contributed by atoms with van der Waals surface area (Å²) in [5, 5.41) is 0. The van der Waals surface area contributed by atoms with Gasteiger partial charge in [0, 0.05) is 38.2 Å². The van der Waals surface area contributed by atoms with Crippen LogP contribution < -0.4 is 10.5 Å². The highest BCUT2D eigenvalue weighted by Gasteiger charge is 2.16. The van der Waals surface area contributed by atoms with E-state index in [1.165, 1.54) is 0 Å². The van der Waals surface area contributed by atoms with E-state index in [-0.39, 0.29) is 6.10 Å². The minimum absolute atomic E-state index is 0.188. The molecule has 0 radical (unpaired) electrons. The van der Waals surface area contributed by atoms with E-state index >= 15 is 0 Å². The lowest BCUT2D eigenvalue weighted by molar-refractivity contribution is 0.0237. The highest BCUT2D eigenvalue weighted by Crippen LogP contribution is 2.17. The minimum atomic E-state index is 0.188. The van der Waals surface area contributed by atoms with Gasteiger partial charge in [-0.15, -0.1) is 0 Å². The van der Waals surface area contributed by atoms with Gasteiger partial charge in [-0.1, -0.05) is 0 Å². The standard InChI is InChI=1S/C16H24N4O3/c17-16(20-5-9-22-10-6-20)19-12-13-1-4-18-15(11-13)23-14-2-7-21-8-3-14/h1,4,11,14H,2-3,5-10,12H2,(H2,17,19). The van der Waals surface area contributed by atoms with Crippen molar-refractivity contribution in [1.29, 1.82) is 0 Å². The maximum Gasteiger partial charge on any atom is 0.213 e. The fraction of sp³-hybridized carbons (Fsp3) is 0.625. The molecule has 0 amide bonds. The number of hydrogen-bond acceptors (Lipinski definition) is 5. The Hall–Kier alpha value is -1.86. The lowest BCUT2D eigenvalue weighted by atomic mass is 10.1. The molecule has 7 heteroatoms. The highest BCUT2D eigenvalue weighted by atomic mass is 16.5. The predicted octanol–water partition coefficient (Wildman–Crippen LogP) is 0.786. The number of rotatable bonds is 4. The van der Waals surface area contributed by atoms with E-state index in [4.69, 9.17) is 19.9 Å². The fourth-order valence-electron chi connectivity index (χ4n) is 2.64. The van der Waals surface area contributed by atoms with Crippen molar-refractivity contribution in [2.45, 2.75) is 25.5 Å². The van der Waals surface area contributed by atoms with Crippen molar-refractivity contribution in [3.63, 3.8) is 0 Å². The largest absolute Gasteiger partial charge is 0.474 e. The van der Waals surface area contributed by atoms with Gasteiger partial charge in [-0.3, -0.25) is 0 Å². The van der Waals surface area contributed by atoms with Crippen molar-refractivity contribution in [3.05, 3.63) is 23.9 Å². The van der Waals surface area contributed by atoms with E-state index in [0.29, 0.717) is 31.6 Å². The number of aromatic nitrogens is 1. The average molecular weight is 320 g/mol. The molecule has 126 valence electrons. The number of pyridine rings is 1. The van der Waals surface area contributed by atoms with E-state index in [2.05, 4.69) is 9.98 Å². The van der Waals surface area contributed by atoms with Crippen molar-refractivity contribution < 1.29 is 14.2 Å². The molecule has 0 bridgehead atoms. The van der Waals surface area contributed by atoms with Crippen LogP contribution >= 0.6 is 0 Å². The normalized spacial score (nSPS) is 20.5. The second-order valence-corrected chi connectivity index (χ2v) is 5.71. The van der Waals surface area contributed by atoms with Crippen molar-refractivity contribution in [2.75, 3.05) is 39.5 Å². The Morgan fingerprint density at radius 1 is 1.26 bits per heavy atom. The Kier molecular flexibility index (Phi) is 5.65. The first-order valence-corrected chi connectivity index (χ1v) is 8.13. The number of guanidine groups is 1. The monoisotopic (exact) mass is 320 g/mol. The molecule has 2 saturated heterocycles. The number of aliphatic imine (C=N–C) groups is 1. The number of ether oxygens (including phenoxy) is 3. The van der Waals surface area contributed by atoms with E-state index in [1.807, 2.05) is 17.0 Å². The smallest absolute Gasteiger partial charge is 0.213 e. The molecular weight excluding hydrogens is 296 g/mol. The molecule has 0 spiro atoms. The summed E-state index contributed by atoms with van der Waals surface area (Å²) in [4.78, 5) is 10.8. The second kappa shape index (κ2) is 8.12. The zero-order valence-corrected chi connectivity index (χ0v) is 13.3. The first-order valence-electron chi connectivity index (χ1n) is 8.13. The molecule has 0 unspecified atom stereocenters. The van der Waals surface area contributed by atoms with Crippen LogP contribution in [-0.2, 0) is 16.0 Å². The number of nitrogens with two attached hydrogens (primary N) is 1. The van der Waals surface area contributed by atoms with Gasteiger partial charge < -0.3 is 24.8 Å². The van der Waals surface area contributed by atoms with Crippen LogP contribution in [0.25, 0.3) is 0 Å². The van der Waals surface area contributed by atoms with Gasteiger partial charge in [0.1, 0.15) is 6.10 Å². The molecule has 3 rings (SSSR count). The Balaban J connectivity index is 1.56. The lowest BCUT2D eigenvalue weighted by Gasteiger charge is -2.27. The van der Waals surface area contributed by atoms with Gasteiger partial charge in [-0.25, -0.2) is 9.98 Å². The Morgan fingerprint density at radius 3 is 2.78 bits per heavy atom. The summed E-state index contributed by atoms with van der Waals surface area (Å²) in [7, 11) is 0. The lowest BCUT2D eigenvalue weighted by Crippen LogP contribution is -2.44. The summed E-state index contributed by atoms with van der Waals surface area (Å²) < 4.78 is 16.6. The van der Waals surface area contributed by atoms with Crippen molar-refractivity contribution in [3.8, 4) is 5.88 Å². The van der Waals surface area contributed by atoms with Gasteiger partial charge in [0.2, 0.25) is 5.88 Å². The minimum Gasteiger partial charge on any atom is -0.474 e. The van der Waals surface area contributed by atoms with Gasteiger partial charge in [0.15, 0.2) is 5.96 Å². The van der Waals surface area contributed by atoms with Crippen LogP contribution in [0.4, 0.5) is 0 Å². The molecule has 7 nitrogen and oxygen atoms in total. The Labute approximate surface area is 136 Å². The van der Waals surface area contributed by atoms with Crippen LogP contribution in [0.1, 0.15) is 18.4 Å². The van der Waals surface area contributed by atoms with Crippen LogP contribution in [-0.4, -0.2) is 61.5 Å². The molecule has 1 aromatic rings. The van der Waals surface area contributed by atoms with Crippen LogP contribution in [0.5, 0.6) is 5.88 Å². The third kappa shape index (κ3) is 4.80. The maximum absolute atomic E-state index is 6.04. The van der Waals surface area contributed by atoms with Gasteiger partial charge >= 0.3 is 0 Å². The zero-order chi connectivity index (χ0) is 15.9. The SMILES string of the molecule is NC(=NCc1ccnc(OC2CCOCC2)c1)N1CCOCC1. The second-order valence-electron chi connectivity index (χ2n) is 5.71. The van der Waals surface area contributed by atoms with Crippen molar-refractivity contribution in [1.82, 2.24) is 9.88 Å². The van der Waals surface area contributed by atoms with Crippen LogP contribution in [0.2, 0.25) is 0 Å². The fourth-order valence-corrected chi connectivity index (χ4v) is 2.64. The molecule has 0 aliphatic carbocycles. The van der Waals surface area contributed by atoms with Crippen molar-refractivity contribution >= 4 is 5.96 Å². The van der Waals surface area contributed by atoms with E-state index < -0.39 is 0 Å². The summed E-state index contributed by atoms with van der Waals surface area (Å²) in [5.41, 5.74) is 7.08. The van der Waals surface area contributed by atoms with Gasteiger partial charge in [-0.05, 0) is 11.6 Å². The Morgan fingerprint density at radius 2 is 2.00 bits per heavy atom. The average Bonchev–Trinajstić information content (AvgIpc) is 2.62. The van der Waals surface area contributed by atoms with Gasteiger partial charge in [0.05, 0.1) is 33.0 Å². The third-order valence-corrected chi connectivity index (χ3v) is 4.01. The van der Waals surface area contributed by atoms with E-state index in [0.717, 1.165) is 44.7 Å². The summed E-state index contributed by atoms with van der Waals surface area (Å²) in [6.07, 6.45) is 3.76. The first-order chi connectivity index (χ1) is 11.3. The summed E-state index contributed by atoms with van der Waals surface area (Å²) in [6.45, 7) is 5.03. The summed E-state index contributed by atoms with van der Waals surface area (Å²) in [6, 6.07) is 3.87. The molecule has 0 atom stereocenters.